The zero-order valence-electron chi connectivity index (χ0n) is 22.1. The molecule has 1 saturated carbocycles. The molecule has 1 aliphatic rings. The Morgan fingerprint density at radius 1 is 1.03 bits per heavy atom. The summed E-state index contributed by atoms with van der Waals surface area (Å²) >= 11 is 0. The summed E-state index contributed by atoms with van der Waals surface area (Å²) in [5.74, 6) is -0.156. The molecule has 0 amide bonds. The van der Waals surface area contributed by atoms with E-state index in [9.17, 15) is 13.2 Å². The minimum absolute atomic E-state index is 0.112. The lowest BCUT2D eigenvalue weighted by molar-refractivity contribution is -0.119. The van der Waals surface area contributed by atoms with E-state index in [4.69, 9.17) is 9.47 Å². The first-order chi connectivity index (χ1) is 18.1. The van der Waals surface area contributed by atoms with Crippen molar-refractivity contribution in [3.05, 3.63) is 88.7 Å². The third-order valence-corrected chi connectivity index (χ3v) is 9.10. The Hall–Kier alpha value is -3.78. The van der Waals surface area contributed by atoms with Gasteiger partial charge < -0.3 is 9.47 Å². The number of ether oxygens (including phenoxy) is 2. The summed E-state index contributed by atoms with van der Waals surface area (Å²) in [6.45, 7) is 5.70. The molecule has 196 valence electrons. The molecule has 2 aromatic carbocycles. The average Bonchev–Trinajstić information content (AvgIpc) is 3.65. The molecular weight excluding hydrogens is 500 g/mol. The zero-order chi connectivity index (χ0) is 27.2. The highest BCUT2D eigenvalue weighted by atomic mass is 32.2. The second-order valence-corrected chi connectivity index (χ2v) is 11.9. The topological polar surface area (TPSA) is 95.5 Å². The summed E-state index contributed by atoms with van der Waals surface area (Å²) in [6.07, 6.45) is 2.17. The van der Waals surface area contributed by atoms with E-state index in [0.29, 0.717) is 34.5 Å². The lowest BCUT2D eigenvalue weighted by Gasteiger charge is -2.21. The summed E-state index contributed by atoms with van der Waals surface area (Å²) in [5, 5.41) is 0.510. The fourth-order valence-corrected chi connectivity index (χ4v) is 7.01. The van der Waals surface area contributed by atoms with E-state index in [1.54, 1.807) is 50.7 Å². The highest BCUT2D eigenvalue weighted by Gasteiger charge is 2.63. The van der Waals surface area contributed by atoms with Crippen molar-refractivity contribution < 1.29 is 22.7 Å². The highest BCUT2D eigenvalue weighted by molar-refractivity contribution is 7.92. The molecule has 0 unspecified atom stereocenters. The van der Waals surface area contributed by atoms with Gasteiger partial charge in [0.25, 0.3) is 0 Å². The van der Waals surface area contributed by atoms with Crippen LogP contribution in [0.4, 0.5) is 0 Å². The van der Waals surface area contributed by atoms with Gasteiger partial charge in [0.05, 0.1) is 30.0 Å². The molecule has 2 aromatic heterocycles. The molecule has 2 atom stereocenters. The minimum atomic E-state index is -3.97. The first-order valence-corrected chi connectivity index (χ1v) is 14.0. The van der Waals surface area contributed by atoms with Crippen LogP contribution in [0.1, 0.15) is 40.3 Å². The molecule has 38 heavy (non-hydrogen) atoms. The number of benzene rings is 2. The number of aryl methyl sites for hydroxylation is 3. The number of hydrogen-bond donors (Lipinski definition) is 0. The number of fused-ring (bicyclic) bond motifs is 1. The SMILES string of the molecule is COc1ccc(C)cc1[C@]1(C(=O)CS(=O)(=O)c2cccc3nc(C)ccc23)C[C@@H]1c1cnc(OC)c(C)c1. The van der Waals surface area contributed by atoms with Gasteiger partial charge in [-0.2, -0.15) is 0 Å². The Labute approximate surface area is 222 Å². The maximum absolute atomic E-state index is 14.2. The molecule has 5 rings (SSSR count). The standard InChI is InChI=1S/C30H30N2O5S/c1-18-9-12-26(36-4)23(13-18)30(15-24(30)21-14-19(2)29(37-5)31-16-21)28(33)17-38(34,35)27-8-6-7-25-22(27)11-10-20(3)32-25/h6-14,16,24H,15,17H2,1-5H3/t24-,30-/m1/s1. The van der Waals surface area contributed by atoms with Gasteiger partial charge in [0, 0.05) is 34.3 Å². The molecular formula is C30H30N2O5S. The number of Topliss-reactive ketones (excluding diaryl/α,β-unsaturated/α-hetero) is 1. The van der Waals surface area contributed by atoms with Gasteiger partial charge in [-0.05, 0) is 69.2 Å². The number of sulfone groups is 1. The van der Waals surface area contributed by atoms with Crippen LogP contribution in [0.25, 0.3) is 10.9 Å². The third kappa shape index (κ3) is 4.32. The summed E-state index contributed by atoms with van der Waals surface area (Å²) in [6, 6.07) is 16.1. The van der Waals surface area contributed by atoms with Crippen LogP contribution in [0.5, 0.6) is 11.6 Å². The van der Waals surface area contributed by atoms with Gasteiger partial charge in [-0.1, -0.05) is 23.8 Å². The summed E-state index contributed by atoms with van der Waals surface area (Å²) < 4.78 is 38.5. The monoisotopic (exact) mass is 530 g/mol. The van der Waals surface area contributed by atoms with Crippen LogP contribution in [0, 0.1) is 20.8 Å². The van der Waals surface area contributed by atoms with Crippen molar-refractivity contribution in [3.8, 4) is 11.6 Å². The Kier molecular flexibility index (Phi) is 6.47. The molecule has 0 radical (unpaired) electrons. The quantitative estimate of drug-likeness (QED) is 0.315. The second-order valence-electron chi connectivity index (χ2n) is 9.98. The number of hydrogen-bond acceptors (Lipinski definition) is 7. The van der Waals surface area contributed by atoms with Crippen molar-refractivity contribution in [2.24, 2.45) is 0 Å². The summed E-state index contributed by atoms with van der Waals surface area (Å²) in [4.78, 5) is 23.2. The van der Waals surface area contributed by atoms with Crippen LogP contribution in [0.3, 0.4) is 0 Å². The predicted molar refractivity (Wildman–Crippen MR) is 146 cm³/mol. The number of carbonyl (C=O) groups is 1. The van der Waals surface area contributed by atoms with E-state index in [1.807, 2.05) is 45.0 Å². The van der Waals surface area contributed by atoms with Gasteiger partial charge in [-0.25, -0.2) is 13.4 Å². The number of carbonyl (C=O) groups excluding carboxylic acids is 1. The number of nitrogens with zero attached hydrogens (tertiary/aromatic N) is 2. The van der Waals surface area contributed by atoms with Gasteiger partial charge in [0.1, 0.15) is 11.5 Å². The van der Waals surface area contributed by atoms with Crippen LogP contribution < -0.4 is 9.47 Å². The largest absolute Gasteiger partial charge is 0.496 e. The maximum Gasteiger partial charge on any atom is 0.215 e. The number of ketones is 1. The van der Waals surface area contributed by atoms with E-state index < -0.39 is 21.0 Å². The van der Waals surface area contributed by atoms with Gasteiger partial charge in [0.15, 0.2) is 15.6 Å². The molecule has 8 heteroatoms. The zero-order valence-corrected chi connectivity index (χ0v) is 22.9. The van der Waals surface area contributed by atoms with Crippen LogP contribution in [-0.4, -0.2) is 44.1 Å². The summed E-state index contributed by atoms with van der Waals surface area (Å²) in [5.41, 5.74) is 3.69. The van der Waals surface area contributed by atoms with Crippen molar-refractivity contribution in [3.63, 3.8) is 0 Å². The van der Waals surface area contributed by atoms with Gasteiger partial charge in [-0.3, -0.25) is 9.78 Å². The molecule has 0 N–H and O–H groups in total. The molecule has 0 aliphatic heterocycles. The molecule has 1 fully saturated rings. The third-order valence-electron chi connectivity index (χ3n) is 7.43. The van der Waals surface area contributed by atoms with Crippen LogP contribution in [-0.2, 0) is 20.0 Å². The smallest absolute Gasteiger partial charge is 0.215 e. The van der Waals surface area contributed by atoms with Crippen molar-refractivity contribution in [2.45, 2.75) is 43.4 Å². The van der Waals surface area contributed by atoms with E-state index in [0.717, 1.165) is 22.4 Å². The van der Waals surface area contributed by atoms with E-state index >= 15 is 0 Å². The molecule has 7 nitrogen and oxygen atoms in total. The first-order valence-electron chi connectivity index (χ1n) is 12.4. The van der Waals surface area contributed by atoms with Crippen molar-refractivity contribution in [2.75, 3.05) is 20.0 Å². The minimum Gasteiger partial charge on any atom is -0.496 e. The maximum atomic E-state index is 14.2. The molecule has 0 bridgehead atoms. The van der Waals surface area contributed by atoms with E-state index in [1.165, 1.54) is 0 Å². The first kappa shape index (κ1) is 25.9. The van der Waals surface area contributed by atoms with Crippen molar-refractivity contribution in [1.82, 2.24) is 9.97 Å². The molecule has 0 saturated heterocycles. The highest BCUT2D eigenvalue weighted by Crippen LogP contribution is 2.63. The fraction of sp³-hybridized carbons (Fsp3) is 0.300. The lowest BCUT2D eigenvalue weighted by Crippen LogP contribution is -2.30. The molecule has 2 heterocycles. The average molecular weight is 531 g/mol. The Bertz CT molecular complexity index is 1680. The number of methoxy groups -OCH3 is 2. The Morgan fingerprint density at radius 2 is 1.82 bits per heavy atom. The van der Waals surface area contributed by atoms with Crippen molar-refractivity contribution in [1.29, 1.82) is 0 Å². The summed E-state index contributed by atoms with van der Waals surface area (Å²) in [7, 11) is -0.848. The molecule has 0 spiro atoms. The van der Waals surface area contributed by atoms with Crippen LogP contribution in [0.15, 0.2) is 65.7 Å². The Morgan fingerprint density at radius 3 is 2.53 bits per heavy atom. The fourth-order valence-electron chi connectivity index (χ4n) is 5.46. The van der Waals surface area contributed by atoms with Gasteiger partial charge in [-0.15, -0.1) is 0 Å². The molecule has 1 aliphatic carbocycles. The number of pyridine rings is 2. The molecule has 4 aromatic rings. The van der Waals surface area contributed by atoms with Gasteiger partial charge in [0.2, 0.25) is 5.88 Å². The lowest BCUT2D eigenvalue weighted by atomic mass is 9.86. The van der Waals surface area contributed by atoms with Gasteiger partial charge >= 0.3 is 0 Å². The van der Waals surface area contributed by atoms with Crippen LogP contribution >= 0.6 is 0 Å². The van der Waals surface area contributed by atoms with Crippen molar-refractivity contribution >= 4 is 26.5 Å². The van der Waals surface area contributed by atoms with E-state index in [-0.39, 0.29) is 16.6 Å². The van der Waals surface area contributed by atoms with E-state index in [2.05, 4.69) is 9.97 Å². The number of rotatable bonds is 8. The number of aromatic nitrogens is 2. The Balaban J connectivity index is 1.60. The second kappa shape index (κ2) is 9.51. The van der Waals surface area contributed by atoms with Crippen LogP contribution in [0.2, 0.25) is 0 Å². The predicted octanol–water partition coefficient (Wildman–Crippen LogP) is 5.04. The normalized spacial score (nSPS) is 18.8.